The first-order chi connectivity index (χ1) is 11.7. The van der Waals surface area contributed by atoms with Gasteiger partial charge in [-0.1, -0.05) is 24.3 Å². The molecule has 0 N–H and O–H groups in total. The molecule has 0 aliphatic heterocycles. The Bertz CT molecular complexity index is 832. The predicted octanol–water partition coefficient (Wildman–Crippen LogP) is 3.65. The first-order valence-electron chi connectivity index (χ1n) is 8.74. The number of ketones is 2. The van der Waals surface area contributed by atoms with Gasteiger partial charge in [-0.05, 0) is 26.2 Å². The van der Waals surface area contributed by atoms with Crippen molar-refractivity contribution < 1.29 is 14.3 Å². The number of benzene rings is 1. The lowest BCUT2D eigenvalue weighted by atomic mass is 9.92. The van der Waals surface area contributed by atoms with Crippen molar-refractivity contribution in [3.8, 4) is 11.3 Å². The molecule has 1 aromatic heterocycles. The van der Waals surface area contributed by atoms with Crippen LogP contribution in [0.4, 0.5) is 0 Å². The van der Waals surface area contributed by atoms with Crippen molar-refractivity contribution in [3.63, 3.8) is 0 Å². The summed E-state index contributed by atoms with van der Waals surface area (Å²) in [5.41, 5.74) is 5.03. The van der Waals surface area contributed by atoms with Crippen LogP contribution in [0, 0.1) is 0 Å². The van der Waals surface area contributed by atoms with Gasteiger partial charge in [0.25, 0.3) is 0 Å². The number of carbonyl (C=O) groups is 2. The summed E-state index contributed by atoms with van der Waals surface area (Å²) < 4.78 is 7.67. The maximum atomic E-state index is 12.9. The zero-order valence-corrected chi connectivity index (χ0v) is 13.9. The summed E-state index contributed by atoms with van der Waals surface area (Å²) in [4.78, 5) is 25.4. The minimum atomic E-state index is 0.00987. The van der Waals surface area contributed by atoms with Crippen molar-refractivity contribution in [1.29, 1.82) is 0 Å². The van der Waals surface area contributed by atoms with Gasteiger partial charge in [0, 0.05) is 43.0 Å². The Labute approximate surface area is 141 Å². The van der Waals surface area contributed by atoms with Crippen molar-refractivity contribution in [2.24, 2.45) is 0 Å². The number of hydrogen-bond acceptors (Lipinski definition) is 3. The highest BCUT2D eigenvalue weighted by Crippen LogP contribution is 2.43. The first-order valence-corrected chi connectivity index (χ1v) is 8.74. The van der Waals surface area contributed by atoms with E-state index in [-0.39, 0.29) is 11.6 Å². The molecule has 24 heavy (non-hydrogen) atoms. The van der Waals surface area contributed by atoms with Crippen LogP contribution in [0.25, 0.3) is 11.3 Å². The smallest absolute Gasteiger partial charge is 0.196 e. The van der Waals surface area contributed by atoms with Gasteiger partial charge < -0.3 is 9.30 Å². The average Bonchev–Trinajstić information content (AvgIpc) is 3.07. The van der Waals surface area contributed by atoms with E-state index in [4.69, 9.17) is 4.74 Å². The van der Waals surface area contributed by atoms with Gasteiger partial charge in [0.1, 0.15) is 0 Å². The minimum Gasteiger partial charge on any atom is -0.382 e. The Kier molecular flexibility index (Phi) is 3.85. The number of aromatic nitrogens is 1. The molecule has 0 fully saturated rings. The van der Waals surface area contributed by atoms with Crippen molar-refractivity contribution in [1.82, 2.24) is 4.57 Å². The second-order valence-corrected chi connectivity index (χ2v) is 6.40. The maximum Gasteiger partial charge on any atom is 0.196 e. The normalized spacial score (nSPS) is 15.4. The van der Waals surface area contributed by atoms with E-state index in [0.29, 0.717) is 30.8 Å². The average molecular weight is 323 g/mol. The van der Waals surface area contributed by atoms with E-state index in [1.54, 1.807) is 0 Å². The van der Waals surface area contributed by atoms with Crippen LogP contribution in [0.3, 0.4) is 0 Å². The molecule has 2 aliphatic carbocycles. The van der Waals surface area contributed by atoms with Crippen LogP contribution in [0.1, 0.15) is 58.2 Å². The molecule has 124 valence electrons. The fourth-order valence-electron chi connectivity index (χ4n) is 4.01. The zero-order chi connectivity index (χ0) is 16.7. The van der Waals surface area contributed by atoms with Crippen LogP contribution in [-0.2, 0) is 17.7 Å². The van der Waals surface area contributed by atoms with Gasteiger partial charge in [0.05, 0.1) is 16.8 Å². The van der Waals surface area contributed by atoms with Crippen LogP contribution in [0.15, 0.2) is 24.3 Å². The van der Waals surface area contributed by atoms with Gasteiger partial charge in [-0.3, -0.25) is 9.59 Å². The Hall–Kier alpha value is -2.20. The molecule has 1 aromatic carbocycles. The van der Waals surface area contributed by atoms with Gasteiger partial charge >= 0.3 is 0 Å². The summed E-state index contributed by atoms with van der Waals surface area (Å²) in [6.45, 7) is 4.18. The zero-order valence-electron chi connectivity index (χ0n) is 13.9. The Morgan fingerprint density at radius 1 is 1.08 bits per heavy atom. The largest absolute Gasteiger partial charge is 0.382 e. The fourth-order valence-corrected chi connectivity index (χ4v) is 4.01. The fraction of sp³-hybridized carbons (Fsp3) is 0.400. The number of ether oxygens (including phenoxy) is 1. The minimum absolute atomic E-state index is 0.00987. The molecule has 0 saturated heterocycles. The number of nitrogens with zero attached hydrogens (tertiary/aromatic N) is 1. The van der Waals surface area contributed by atoms with E-state index in [9.17, 15) is 9.59 Å². The van der Waals surface area contributed by atoms with Crippen LogP contribution in [0.5, 0.6) is 0 Å². The molecule has 0 atom stereocenters. The molecule has 4 nitrogen and oxygen atoms in total. The highest BCUT2D eigenvalue weighted by Gasteiger charge is 2.38. The first kappa shape index (κ1) is 15.3. The SMILES string of the molecule is CCOCCCn1c2c(c3c1-c1ccccc1C3=O)C(=O)CCC2. The van der Waals surface area contributed by atoms with Gasteiger partial charge in [-0.25, -0.2) is 0 Å². The highest BCUT2D eigenvalue weighted by atomic mass is 16.5. The molecular weight excluding hydrogens is 302 g/mol. The summed E-state index contributed by atoms with van der Waals surface area (Å²) in [7, 11) is 0. The number of hydrogen-bond donors (Lipinski definition) is 0. The van der Waals surface area contributed by atoms with E-state index < -0.39 is 0 Å². The second kappa shape index (κ2) is 6.02. The van der Waals surface area contributed by atoms with E-state index >= 15 is 0 Å². The number of Topliss-reactive ketones (excluding diaryl/α,β-unsaturated/α-hetero) is 1. The molecule has 4 heteroatoms. The highest BCUT2D eigenvalue weighted by molar-refractivity contribution is 6.26. The van der Waals surface area contributed by atoms with E-state index in [1.165, 1.54) is 0 Å². The maximum absolute atomic E-state index is 12.9. The third kappa shape index (κ3) is 2.17. The molecule has 0 spiro atoms. The number of fused-ring (bicyclic) bond motifs is 5. The number of carbonyl (C=O) groups excluding carboxylic acids is 2. The molecule has 0 radical (unpaired) electrons. The molecule has 2 aliphatic rings. The molecule has 0 unspecified atom stereocenters. The summed E-state index contributed by atoms with van der Waals surface area (Å²) in [5.74, 6) is 0.132. The Balaban J connectivity index is 1.85. The standard InChI is InChI=1S/C20H21NO3/c1-2-24-12-6-11-21-15-9-5-10-16(22)17(15)18-19(21)13-7-3-4-8-14(13)20(18)23/h3-4,7-8H,2,5-6,9-12H2,1H3. The Morgan fingerprint density at radius 3 is 2.67 bits per heavy atom. The van der Waals surface area contributed by atoms with E-state index in [2.05, 4.69) is 4.57 Å². The summed E-state index contributed by atoms with van der Waals surface area (Å²) in [5, 5.41) is 0. The van der Waals surface area contributed by atoms with Crippen molar-refractivity contribution in [2.75, 3.05) is 13.2 Å². The van der Waals surface area contributed by atoms with E-state index in [0.717, 1.165) is 48.3 Å². The molecule has 0 saturated carbocycles. The van der Waals surface area contributed by atoms with Gasteiger partial charge in [0.2, 0.25) is 0 Å². The molecule has 1 heterocycles. The lowest BCUT2D eigenvalue weighted by molar-refractivity contribution is 0.0959. The summed E-state index contributed by atoms with van der Waals surface area (Å²) in [6, 6.07) is 7.70. The van der Waals surface area contributed by atoms with E-state index in [1.807, 2.05) is 31.2 Å². The quantitative estimate of drug-likeness (QED) is 0.674. The molecule has 4 rings (SSSR count). The van der Waals surface area contributed by atoms with Crippen LogP contribution in [0.2, 0.25) is 0 Å². The van der Waals surface area contributed by atoms with Crippen LogP contribution >= 0.6 is 0 Å². The molecule has 2 aromatic rings. The molecular formula is C20H21NO3. The van der Waals surface area contributed by atoms with Crippen LogP contribution < -0.4 is 0 Å². The monoisotopic (exact) mass is 323 g/mol. The van der Waals surface area contributed by atoms with Crippen molar-refractivity contribution in [3.05, 3.63) is 46.6 Å². The third-order valence-corrected chi connectivity index (χ3v) is 5.00. The topological polar surface area (TPSA) is 48.3 Å². The lowest BCUT2D eigenvalue weighted by Gasteiger charge is -2.17. The predicted molar refractivity (Wildman–Crippen MR) is 91.7 cm³/mol. The van der Waals surface area contributed by atoms with Gasteiger partial charge in [-0.2, -0.15) is 0 Å². The number of rotatable bonds is 5. The van der Waals surface area contributed by atoms with Gasteiger partial charge in [0.15, 0.2) is 11.6 Å². The Morgan fingerprint density at radius 2 is 1.88 bits per heavy atom. The van der Waals surface area contributed by atoms with Crippen molar-refractivity contribution in [2.45, 2.75) is 39.2 Å². The van der Waals surface area contributed by atoms with Crippen molar-refractivity contribution >= 4 is 11.6 Å². The molecule has 0 amide bonds. The van der Waals surface area contributed by atoms with Gasteiger partial charge in [-0.15, -0.1) is 0 Å². The lowest BCUT2D eigenvalue weighted by Crippen LogP contribution is -2.16. The third-order valence-electron chi connectivity index (χ3n) is 5.00. The van der Waals surface area contributed by atoms with Crippen LogP contribution in [-0.4, -0.2) is 29.3 Å². The second-order valence-electron chi connectivity index (χ2n) is 6.40. The molecule has 0 bridgehead atoms. The summed E-state index contributed by atoms with van der Waals surface area (Å²) >= 11 is 0. The summed E-state index contributed by atoms with van der Waals surface area (Å²) in [6.07, 6.45) is 3.17.